The first-order valence-electron chi connectivity index (χ1n) is 8.75. The monoisotopic (exact) mass is 349 g/mol. The van der Waals surface area contributed by atoms with Crippen LogP contribution in [0.5, 0.6) is 0 Å². The van der Waals surface area contributed by atoms with Crippen molar-refractivity contribution < 1.29 is 15.0 Å². The Hall–Kier alpha value is -2.69. The van der Waals surface area contributed by atoms with Gasteiger partial charge in [-0.3, -0.25) is 4.79 Å². The van der Waals surface area contributed by atoms with Crippen LogP contribution in [-0.2, 0) is 0 Å². The highest BCUT2D eigenvalue weighted by atomic mass is 16.3. The Kier molecular flexibility index (Phi) is 5.66. The van der Waals surface area contributed by atoms with Crippen LogP contribution in [0, 0.1) is 6.92 Å². The first kappa shape index (κ1) is 18.1. The number of nitrogens with zero attached hydrogens (tertiary/aromatic N) is 1. The van der Waals surface area contributed by atoms with Crippen LogP contribution in [0.2, 0.25) is 0 Å². The zero-order valence-corrected chi connectivity index (χ0v) is 14.9. The fourth-order valence-electron chi connectivity index (χ4n) is 3.22. The van der Waals surface area contributed by atoms with E-state index in [1.54, 1.807) is 0 Å². The van der Waals surface area contributed by atoms with Gasteiger partial charge in [-0.2, -0.15) is 0 Å². The molecule has 1 amide bonds. The molecule has 0 fully saturated rings. The number of benzene rings is 3. The van der Waals surface area contributed by atoms with Crippen LogP contribution in [0.15, 0.2) is 60.7 Å². The molecule has 0 saturated carbocycles. The molecule has 0 bridgehead atoms. The molecule has 0 aliphatic heterocycles. The van der Waals surface area contributed by atoms with Crippen molar-refractivity contribution in [2.24, 2.45) is 0 Å². The lowest BCUT2D eigenvalue weighted by Crippen LogP contribution is -2.35. The largest absolute Gasteiger partial charge is 0.395 e. The molecule has 2 N–H and O–H groups in total. The maximum atomic E-state index is 12.7. The van der Waals surface area contributed by atoms with E-state index in [1.807, 2.05) is 36.4 Å². The van der Waals surface area contributed by atoms with Crippen molar-refractivity contribution in [1.82, 2.24) is 4.90 Å². The van der Waals surface area contributed by atoms with Crippen LogP contribution in [0.3, 0.4) is 0 Å². The Labute approximate surface area is 153 Å². The minimum Gasteiger partial charge on any atom is -0.395 e. The Bertz CT molecular complexity index is 914. The highest BCUT2D eigenvalue weighted by molar-refractivity contribution is 6.02. The van der Waals surface area contributed by atoms with E-state index in [1.165, 1.54) is 10.5 Å². The van der Waals surface area contributed by atoms with Crippen LogP contribution in [0.25, 0.3) is 21.9 Å². The highest BCUT2D eigenvalue weighted by Crippen LogP contribution is 2.30. The SMILES string of the molecule is Cc1cccc(-c2cccc3cc(C(=O)N(CCO)CCO)ccc23)c1. The summed E-state index contributed by atoms with van der Waals surface area (Å²) in [6, 6.07) is 20.1. The number of fused-ring (bicyclic) bond motifs is 1. The van der Waals surface area contributed by atoms with Gasteiger partial charge < -0.3 is 15.1 Å². The lowest BCUT2D eigenvalue weighted by Gasteiger charge is -2.21. The maximum Gasteiger partial charge on any atom is 0.254 e. The Morgan fingerprint density at radius 3 is 2.35 bits per heavy atom. The number of aliphatic hydroxyl groups is 2. The first-order chi connectivity index (χ1) is 12.6. The van der Waals surface area contributed by atoms with Gasteiger partial charge in [0.1, 0.15) is 0 Å². The van der Waals surface area contributed by atoms with E-state index in [0.29, 0.717) is 5.56 Å². The van der Waals surface area contributed by atoms with Gasteiger partial charge in [0.2, 0.25) is 0 Å². The van der Waals surface area contributed by atoms with Gasteiger partial charge in [-0.25, -0.2) is 0 Å². The Morgan fingerprint density at radius 2 is 1.65 bits per heavy atom. The fourth-order valence-corrected chi connectivity index (χ4v) is 3.22. The summed E-state index contributed by atoms with van der Waals surface area (Å²) < 4.78 is 0. The molecule has 0 aromatic heterocycles. The third-order valence-corrected chi connectivity index (χ3v) is 4.48. The summed E-state index contributed by atoms with van der Waals surface area (Å²) in [4.78, 5) is 14.1. The average Bonchev–Trinajstić information content (AvgIpc) is 2.66. The third-order valence-electron chi connectivity index (χ3n) is 4.48. The van der Waals surface area contributed by atoms with Gasteiger partial charge in [0, 0.05) is 18.7 Å². The minimum atomic E-state index is -0.184. The van der Waals surface area contributed by atoms with Gasteiger partial charge in [-0.05, 0) is 41.0 Å². The lowest BCUT2D eigenvalue weighted by molar-refractivity contribution is 0.0685. The number of amides is 1. The molecule has 3 rings (SSSR count). The van der Waals surface area contributed by atoms with Crippen LogP contribution in [0.1, 0.15) is 15.9 Å². The fraction of sp³-hybridized carbons (Fsp3) is 0.227. The van der Waals surface area contributed by atoms with Crippen molar-refractivity contribution in [2.75, 3.05) is 26.3 Å². The van der Waals surface area contributed by atoms with Gasteiger partial charge >= 0.3 is 0 Å². The number of aryl methyl sites for hydroxylation is 1. The molecule has 4 heteroatoms. The molecule has 0 radical (unpaired) electrons. The van der Waals surface area contributed by atoms with Crippen LogP contribution >= 0.6 is 0 Å². The van der Waals surface area contributed by atoms with Gasteiger partial charge in [-0.15, -0.1) is 0 Å². The van der Waals surface area contributed by atoms with Gasteiger partial charge in [0.15, 0.2) is 0 Å². The summed E-state index contributed by atoms with van der Waals surface area (Å²) in [7, 11) is 0. The molecule has 26 heavy (non-hydrogen) atoms. The van der Waals surface area contributed by atoms with Crippen molar-refractivity contribution in [2.45, 2.75) is 6.92 Å². The molecule has 0 heterocycles. The number of hydrogen-bond donors (Lipinski definition) is 2. The van der Waals surface area contributed by atoms with Gasteiger partial charge in [0.25, 0.3) is 5.91 Å². The zero-order chi connectivity index (χ0) is 18.5. The molecule has 3 aromatic carbocycles. The molecule has 3 aromatic rings. The molecule has 0 atom stereocenters. The summed E-state index contributed by atoms with van der Waals surface area (Å²) in [5.74, 6) is -0.184. The normalized spacial score (nSPS) is 10.9. The van der Waals surface area contributed by atoms with Gasteiger partial charge in [0.05, 0.1) is 13.2 Å². The highest BCUT2D eigenvalue weighted by Gasteiger charge is 2.15. The first-order valence-corrected chi connectivity index (χ1v) is 8.75. The lowest BCUT2D eigenvalue weighted by atomic mass is 9.96. The van der Waals surface area contributed by atoms with E-state index >= 15 is 0 Å². The molecule has 0 saturated heterocycles. The zero-order valence-electron chi connectivity index (χ0n) is 14.9. The summed E-state index contributed by atoms with van der Waals surface area (Å²) in [5, 5.41) is 20.4. The molecule has 4 nitrogen and oxygen atoms in total. The van der Waals surface area contributed by atoms with E-state index in [0.717, 1.165) is 21.9 Å². The molecule has 0 aliphatic rings. The van der Waals surface area contributed by atoms with Gasteiger partial charge in [-0.1, -0.05) is 54.1 Å². The number of carbonyl (C=O) groups is 1. The van der Waals surface area contributed by atoms with Crippen molar-refractivity contribution >= 4 is 16.7 Å². The second kappa shape index (κ2) is 8.13. The van der Waals surface area contributed by atoms with Crippen molar-refractivity contribution in [3.05, 3.63) is 71.8 Å². The summed E-state index contributed by atoms with van der Waals surface area (Å²) in [6.07, 6.45) is 0. The molecule has 0 aliphatic carbocycles. The second-order valence-electron chi connectivity index (χ2n) is 6.35. The van der Waals surface area contributed by atoms with Crippen LogP contribution < -0.4 is 0 Å². The molecule has 0 spiro atoms. The quantitative estimate of drug-likeness (QED) is 0.718. The number of rotatable bonds is 6. The topological polar surface area (TPSA) is 60.8 Å². The molecule has 0 unspecified atom stereocenters. The van der Waals surface area contributed by atoms with Crippen LogP contribution in [0.4, 0.5) is 0 Å². The minimum absolute atomic E-state index is 0.128. The number of carbonyl (C=O) groups excluding carboxylic acids is 1. The second-order valence-corrected chi connectivity index (χ2v) is 6.35. The summed E-state index contributed by atoms with van der Waals surface area (Å²) >= 11 is 0. The predicted octanol–water partition coefficient (Wildman–Crippen LogP) is 3.24. The van der Waals surface area contributed by atoms with Crippen molar-refractivity contribution in [1.29, 1.82) is 0 Å². The van der Waals surface area contributed by atoms with E-state index in [9.17, 15) is 4.79 Å². The van der Waals surface area contributed by atoms with E-state index in [2.05, 4.69) is 31.2 Å². The molecular weight excluding hydrogens is 326 g/mol. The van der Waals surface area contributed by atoms with Crippen molar-refractivity contribution in [3.63, 3.8) is 0 Å². The van der Waals surface area contributed by atoms with Crippen LogP contribution in [-0.4, -0.2) is 47.3 Å². The Morgan fingerprint density at radius 1 is 0.923 bits per heavy atom. The number of hydrogen-bond acceptors (Lipinski definition) is 3. The molecule has 134 valence electrons. The standard InChI is InChI=1S/C22H23NO3/c1-16-4-2-5-17(14-16)20-7-3-6-18-15-19(8-9-21(18)20)22(26)23(10-12-24)11-13-25/h2-9,14-15,24-25H,10-13H2,1H3. The summed E-state index contributed by atoms with van der Waals surface area (Å²) in [6.45, 7) is 2.23. The Balaban J connectivity index is 2.01. The van der Waals surface area contributed by atoms with Crippen molar-refractivity contribution in [3.8, 4) is 11.1 Å². The molecular formula is C22H23NO3. The smallest absolute Gasteiger partial charge is 0.254 e. The predicted molar refractivity (Wildman–Crippen MR) is 104 cm³/mol. The summed E-state index contributed by atoms with van der Waals surface area (Å²) in [5.41, 5.74) is 4.04. The maximum absolute atomic E-state index is 12.7. The van der Waals surface area contributed by atoms with E-state index in [4.69, 9.17) is 10.2 Å². The number of aliphatic hydroxyl groups excluding tert-OH is 2. The third kappa shape index (κ3) is 3.77. The van der Waals surface area contributed by atoms with E-state index < -0.39 is 0 Å². The van der Waals surface area contributed by atoms with E-state index in [-0.39, 0.29) is 32.2 Å². The average molecular weight is 349 g/mol.